The van der Waals surface area contributed by atoms with Crippen LogP contribution in [0.2, 0.25) is 10.0 Å². The molecule has 0 aliphatic rings. The predicted octanol–water partition coefficient (Wildman–Crippen LogP) is 4.44. The van der Waals surface area contributed by atoms with Crippen LogP contribution in [0.25, 0.3) is 16.9 Å². The molecule has 174 valence electrons. The number of aromatic nitrogens is 4. The van der Waals surface area contributed by atoms with Crippen LogP contribution in [0.5, 0.6) is 5.75 Å². The van der Waals surface area contributed by atoms with Crippen LogP contribution in [-0.2, 0) is 7.05 Å². The Balaban J connectivity index is 1.74. The first-order valence-electron chi connectivity index (χ1n) is 10.3. The maximum atomic E-state index is 13.3. The lowest BCUT2D eigenvalue weighted by Gasteiger charge is -2.16. The van der Waals surface area contributed by atoms with Gasteiger partial charge in [0.05, 0.1) is 36.3 Å². The molecule has 0 aliphatic carbocycles. The van der Waals surface area contributed by atoms with Crippen molar-refractivity contribution in [1.29, 1.82) is 0 Å². The second-order valence-electron chi connectivity index (χ2n) is 7.63. The highest BCUT2D eigenvalue weighted by atomic mass is 35.5. The number of nitrogens with zero attached hydrogens (tertiary/aromatic N) is 4. The normalized spacial score (nSPS) is 11.8. The molecule has 0 radical (unpaired) electrons. The largest absolute Gasteiger partial charge is 0.495 e. The highest BCUT2D eigenvalue weighted by Crippen LogP contribution is 2.28. The molecule has 34 heavy (non-hydrogen) atoms. The molecule has 2 aromatic carbocycles. The summed E-state index contributed by atoms with van der Waals surface area (Å²) >= 11 is 12.2. The number of ether oxygens (including phenoxy) is 1. The van der Waals surface area contributed by atoms with Crippen molar-refractivity contribution >= 4 is 29.1 Å². The van der Waals surface area contributed by atoms with Crippen LogP contribution in [0.3, 0.4) is 0 Å². The molecule has 1 amide bonds. The number of nitrogens with one attached hydrogen (secondary N) is 1. The maximum absolute atomic E-state index is 13.3. The van der Waals surface area contributed by atoms with Gasteiger partial charge in [0.2, 0.25) is 0 Å². The molecule has 0 aliphatic heterocycles. The molecule has 0 bridgehead atoms. The lowest BCUT2D eigenvalue weighted by molar-refractivity contribution is 0.0937. The van der Waals surface area contributed by atoms with E-state index in [1.807, 2.05) is 0 Å². The van der Waals surface area contributed by atoms with Crippen LogP contribution in [-0.4, -0.2) is 32.6 Å². The number of carbonyl (C=O) groups excluding carboxylic acids is 1. The van der Waals surface area contributed by atoms with Crippen molar-refractivity contribution in [2.24, 2.45) is 7.05 Å². The monoisotopic (exact) mass is 497 g/mol. The van der Waals surface area contributed by atoms with Crippen molar-refractivity contribution in [1.82, 2.24) is 24.9 Å². The topological polar surface area (TPSA) is 91.0 Å². The van der Waals surface area contributed by atoms with E-state index in [2.05, 4.69) is 15.5 Å². The molecule has 1 atom stereocenters. The lowest BCUT2D eigenvalue weighted by atomic mass is 10.1. The average Bonchev–Trinajstić information content (AvgIpc) is 3.25. The van der Waals surface area contributed by atoms with Gasteiger partial charge >= 0.3 is 0 Å². The molecule has 4 rings (SSSR count). The molecule has 0 unspecified atom stereocenters. The summed E-state index contributed by atoms with van der Waals surface area (Å²) in [5, 5.41) is 12.4. The van der Waals surface area contributed by atoms with Gasteiger partial charge in [0, 0.05) is 17.6 Å². The zero-order chi connectivity index (χ0) is 24.4. The Morgan fingerprint density at radius 1 is 1.12 bits per heavy atom. The summed E-state index contributed by atoms with van der Waals surface area (Å²) in [6, 6.07) is 13.3. The number of benzene rings is 2. The summed E-state index contributed by atoms with van der Waals surface area (Å²) in [4.78, 5) is 26.5. The van der Waals surface area contributed by atoms with Gasteiger partial charge in [0.1, 0.15) is 17.0 Å². The van der Waals surface area contributed by atoms with Gasteiger partial charge in [0.15, 0.2) is 0 Å². The van der Waals surface area contributed by atoms with Gasteiger partial charge in [0.25, 0.3) is 11.5 Å². The average molecular weight is 498 g/mol. The Kier molecular flexibility index (Phi) is 6.72. The Morgan fingerprint density at radius 3 is 2.47 bits per heavy atom. The SMILES string of the molecule is COc1ccc([C@H](C)NC(=O)c2cc(-c3ccc(Cl)cc3)nn(-c3cnn(C)c3)c2=O)cc1Cl. The van der Waals surface area contributed by atoms with Crippen LogP contribution in [0.1, 0.15) is 28.9 Å². The number of halogens is 2. The predicted molar refractivity (Wildman–Crippen MR) is 131 cm³/mol. The number of amides is 1. The minimum absolute atomic E-state index is 0.0599. The fraction of sp³-hybridized carbons (Fsp3) is 0.167. The van der Waals surface area contributed by atoms with E-state index < -0.39 is 17.5 Å². The van der Waals surface area contributed by atoms with Gasteiger partial charge in [-0.3, -0.25) is 14.3 Å². The summed E-state index contributed by atoms with van der Waals surface area (Å²) in [5.74, 6) is -0.00951. The van der Waals surface area contributed by atoms with E-state index in [1.165, 1.54) is 24.1 Å². The summed E-state index contributed by atoms with van der Waals surface area (Å²) in [6.07, 6.45) is 3.15. The van der Waals surface area contributed by atoms with Gasteiger partial charge in [-0.1, -0.05) is 41.4 Å². The fourth-order valence-electron chi connectivity index (χ4n) is 3.42. The van der Waals surface area contributed by atoms with Gasteiger partial charge < -0.3 is 10.1 Å². The van der Waals surface area contributed by atoms with Crippen molar-refractivity contribution in [3.8, 4) is 22.7 Å². The second kappa shape index (κ2) is 9.70. The second-order valence-corrected chi connectivity index (χ2v) is 8.47. The first kappa shape index (κ1) is 23.5. The minimum atomic E-state index is -0.567. The van der Waals surface area contributed by atoms with Crippen LogP contribution in [0.4, 0.5) is 0 Å². The van der Waals surface area contributed by atoms with Crippen molar-refractivity contribution in [3.05, 3.63) is 92.5 Å². The third-order valence-electron chi connectivity index (χ3n) is 5.26. The Morgan fingerprint density at radius 2 is 1.85 bits per heavy atom. The highest BCUT2D eigenvalue weighted by Gasteiger charge is 2.20. The Bertz CT molecular complexity index is 1410. The zero-order valence-electron chi connectivity index (χ0n) is 18.6. The summed E-state index contributed by atoms with van der Waals surface area (Å²) in [5.41, 5.74) is 1.71. The molecule has 0 spiro atoms. The number of aryl methyl sites for hydroxylation is 1. The number of methoxy groups -OCH3 is 1. The Labute approximate surface area is 205 Å². The Hall–Kier alpha value is -3.62. The zero-order valence-corrected chi connectivity index (χ0v) is 20.1. The molecular weight excluding hydrogens is 477 g/mol. The molecule has 0 fully saturated rings. The molecule has 2 aromatic heterocycles. The molecule has 2 heterocycles. The fourth-order valence-corrected chi connectivity index (χ4v) is 3.81. The smallest absolute Gasteiger partial charge is 0.284 e. The van der Waals surface area contributed by atoms with Gasteiger partial charge in [-0.25, -0.2) is 0 Å². The van der Waals surface area contributed by atoms with Crippen LogP contribution < -0.4 is 15.6 Å². The van der Waals surface area contributed by atoms with Crippen molar-refractivity contribution in [3.63, 3.8) is 0 Å². The van der Waals surface area contributed by atoms with E-state index >= 15 is 0 Å². The number of rotatable bonds is 6. The molecule has 4 aromatic rings. The molecule has 0 saturated heterocycles. The van der Waals surface area contributed by atoms with Gasteiger partial charge in [-0.15, -0.1) is 0 Å². The van der Waals surface area contributed by atoms with Crippen LogP contribution in [0.15, 0.2) is 65.7 Å². The molecule has 10 heteroatoms. The van der Waals surface area contributed by atoms with Gasteiger partial charge in [-0.2, -0.15) is 14.9 Å². The van der Waals surface area contributed by atoms with E-state index in [4.69, 9.17) is 27.9 Å². The minimum Gasteiger partial charge on any atom is -0.495 e. The molecular formula is C24H21Cl2N5O3. The summed E-state index contributed by atoms with van der Waals surface area (Å²) < 4.78 is 7.90. The molecule has 1 N–H and O–H groups in total. The third-order valence-corrected chi connectivity index (χ3v) is 5.80. The van der Waals surface area contributed by atoms with E-state index in [0.717, 1.165) is 5.56 Å². The van der Waals surface area contributed by atoms with E-state index in [1.54, 1.807) is 67.3 Å². The molecule has 8 nitrogen and oxygen atoms in total. The van der Waals surface area contributed by atoms with Crippen molar-refractivity contribution in [2.75, 3.05) is 7.11 Å². The lowest BCUT2D eigenvalue weighted by Crippen LogP contribution is -2.35. The first-order chi connectivity index (χ1) is 16.3. The highest BCUT2D eigenvalue weighted by molar-refractivity contribution is 6.32. The van der Waals surface area contributed by atoms with Crippen molar-refractivity contribution in [2.45, 2.75) is 13.0 Å². The number of carbonyl (C=O) groups is 1. The number of hydrogen-bond donors (Lipinski definition) is 1. The van der Waals surface area contributed by atoms with Crippen LogP contribution in [0, 0.1) is 0 Å². The summed E-state index contributed by atoms with van der Waals surface area (Å²) in [6.45, 7) is 1.80. The third kappa shape index (κ3) is 4.83. The van der Waals surface area contributed by atoms with Gasteiger partial charge in [-0.05, 0) is 42.8 Å². The first-order valence-corrected chi connectivity index (χ1v) is 11.1. The van der Waals surface area contributed by atoms with E-state index in [-0.39, 0.29) is 5.56 Å². The van der Waals surface area contributed by atoms with Crippen molar-refractivity contribution < 1.29 is 9.53 Å². The standard InChI is InChI=1S/C24H21Cl2N5O3/c1-14(16-6-9-22(34-3)20(26)10-16)28-23(32)19-11-21(15-4-7-17(25)8-5-15)29-31(24(19)33)18-12-27-30(2)13-18/h4-14H,1-3H3,(H,28,32)/t14-/m0/s1. The summed E-state index contributed by atoms with van der Waals surface area (Å²) in [7, 11) is 3.26. The quantitative estimate of drug-likeness (QED) is 0.425. The van der Waals surface area contributed by atoms with E-state index in [0.29, 0.717) is 32.7 Å². The van der Waals surface area contributed by atoms with E-state index in [9.17, 15) is 9.59 Å². The maximum Gasteiger partial charge on any atom is 0.284 e. The number of hydrogen-bond acceptors (Lipinski definition) is 5. The molecule has 0 saturated carbocycles. The van der Waals surface area contributed by atoms with Crippen LogP contribution >= 0.6 is 23.2 Å².